The lowest BCUT2D eigenvalue weighted by Gasteiger charge is -2.43. The molecule has 0 aromatic rings. The molecule has 1 aliphatic carbocycles. The number of carbonyl (C=O) groups excluding carboxylic acids is 1. The second-order valence-corrected chi connectivity index (χ2v) is 7.34. The maximum Gasteiger partial charge on any atom is 0.260 e. The molecule has 0 aromatic heterocycles. The number of carbonyl (C=O) groups is 1. The van der Waals surface area contributed by atoms with Crippen molar-refractivity contribution in [2.45, 2.75) is 50.2 Å². The Bertz CT molecular complexity index is 403. The standard InChI is InChI=1S/C16H27FN2O2/c1-18-12-15(10-13(18)11-21-2)6-8-19(9-7-15)14(20)16(17)4-3-5-16/h13H,3-12H2,1-2H3. The molecular weight excluding hydrogens is 271 g/mol. The van der Waals surface area contributed by atoms with Crippen LogP contribution in [0.3, 0.4) is 0 Å². The minimum atomic E-state index is -1.53. The second-order valence-electron chi connectivity index (χ2n) is 7.34. The van der Waals surface area contributed by atoms with Gasteiger partial charge in [0.15, 0.2) is 5.67 Å². The van der Waals surface area contributed by atoms with E-state index in [1.165, 1.54) is 0 Å². The fourth-order valence-corrected chi connectivity index (χ4v) is 4.29. The summed E-state index contributed by atoms with van der Waals surface area (Å²) in [5.74, 6) is -0.247. The first-order valence-electron chi connectivity index (χ1n) is 8.16. The maximum absolute atomic E-state index is 14.3. The predicted octanol–water partition coefficient (Wildman–Crippen LogP) is 1.84. The molecule has 3 fully saturated rings. The Morgan fingerprint density at radius 3 is 2.48 bits per heavy atom. The van der Waals surface area contributed by atoms with Gasteiger partial charge in [0.1, 0.15) is 0 Å². The van der Waals surface area contributed by atoms with E-state index in [0.717, 1.165) is 51.9 Å². The molecule has 3 aliphatic rings. The molecule has 1 saturated carbocycles. The van der Waals surface area contributed by atoms with Crippen LogP contribution >= 0.6 is 0 Å². The summed E-state index contributed by atoms with van der Waals surface area (Å²) in [7, 11) is 3.90. The quantitative estimate of drug-likeness (QED) is 0.797. The molecule has 120 valence electrons. The summed E-state index contributed by atoms with van der Waals surface area (Å²) in [6, 6.07) is 0.483. The predicted molar refractivity (Wildman–Crippen MR) is 78.8 cm³/mol. The van der Waals surface area contributed by atoms with Gasteiger partial charge in [0.05, 0.1) is 6.61 Å². The van der Waals surface area contributed by atoms with Gasteiger partial charge in [0.2, 0.25) is 0 Å². The molecule has 0 N–H and O–H groups in total. The maximum atomic E-state index is 14.3. The largest absolute Gasteiger partial charge is 0.383 e. The van der Waals surface area contributed by atoms with E-state index in [9.17, 15) is 9.18 Å². The van der Waals surface area contributed by atoms with Crippen LogP contribution in [0.1, 0.15) is 38.5 Å². The average molecular weight is 298 g/mol. The molecule has 5 heteroatoms. The van der Waals surface area contributed by atoms with Gasteiger partial charge >= 0.3 is 0 Å². The van der Waals surface area contributed by atoms with Crippen molar-refractivity contribution in [2.24, 2.45) is 5.41 Å². The van der Waals surface area contributed by atoms with Crippen molar-refractivity contribution in [3.8, 4) is 0 Å². The number of nitrogens with zero attached hydrogens (tertiary/aromatic N) is 2. The monoisotopic (exact) mass is 298 g/mol. The molecule has 1 spiro atoms. The van der Waals surface area contributed by atoms with E-state index in [2.05, 4.69) is 11.9 Å². The molecule has 2 saturated heterocycles. The van der Waals surface area contributed by atoms with Gasteiger partial charge in [-0.25, -0.2) is 4.39 Å². The molecule has 21 heavy (non-hydrogen) atoms. The third-order valence-corrected chi connectivity index (χ3v) is 5.88. The zero-order chi connectivity index (χ0) is 15.1. The van der Waals surface area contributed by atoms with Crippen LogP contribution in [0, 0.1) is 5.41 Å². The second kappa shape index (κ2) is 5.51. The highest BCUT2D eigenvalue weighted by molar-refractivity contribution is 5.86. The van der Waals surface area contributed by atoms with Gasteiger partial charge < -0.3 is 14.5 Å². The van der Waals surface area contributed by atoms with Gasteiger partial charge in [-0.3, -0.25) is 4.79 Å². The fourth-order valence-electron chi connectivity index (χ4n) is 4.29. The Morgan fingerprint density at radius 1 is 1.29 bits per heavy atom. The number of methoxy groups -OCH3 is 1. The van der Waals surface area contributed by atoms with Crippen LogP contribution in [0.2, 0.25) is 0 Å². The third-order valence-electron chi connectivity index (χ3n) is 5.88. The Hall–Kier alpha value is -0.680. The smallest absolute Gasteiger partial charge is 0.260 e. The number of hydrogen-bond acceptors (Lipinski definition) is 3. The van der Waals surface area contributed by atoms with Crippen LogP contribution in [0.4, 0.5) is 4.39 Å². The van der Waals surface area contributed by atoms with Crippen LogP contribution in [-0.4, -0.2) is 67.8 Å². The van der Waals surface area contributed by atoms with Crippen LogP contribution in [0.25, 0.3) is 0 Å². The Morgan fingerprint density at radius 2 is 1.95 bits per heavy atom. The SMILES string of the molecule is COCC1CC2(CCN(C(=O)C3(F)CCC3)CC2)CN1C. The number of amides is 1. The van der Waals surface area contributed by atoms with Crippen LogP contribution in [0.5, 0.6) is 0 Å². The van der Waals surface area contributed by atoms with Crippen molar-refractivity contribution >= 4 is 5.91 Å². The van der Waals surface area contributed by atoms with Crippen molar-refractivity contribution in [3.05, 3.63) is 0 Å². The third kappa shape index (κ3) is 2.70. The molecule has 2 heterocycles. The lowest BCUT2D eigenvalue weighted by Crippen LogP contribution is -2.54. The van der Waals surface area contributed by atoms with E-state index < -0.39 is 5.67 Å². The van der Waals surface area contributed by atoms with E-state index >= 15 is 0 Å². The summed E-state index contributed by atoms with van der Waals surface area (Å²) in [4.78, 5) is 16.4. The molecule has 1 unspecified atom stereocenters. The van der Waals surface area contributed by atoms with Gasteiger partial charge in [-0.15, -0.1) is 0 Å². The topological polar surface area (TPSA) is 32.8 Å². The van der Waals surface area contributed by atoms with Crippen molar-refractivity contribution in [3.63, 3.8) is 0 Å². The van der Waals surface area contributed by atoms with E-state index in [0.29, 0.717) is 24.3 Å². The normalized spacial score (nSPS) is 31.4. The van der Waals surface area contributed by atoms with E-state index in [4.69, 9.17) is 4.74 Å². The van der Waals surface area contributed by atoms with Gasteiger partial charge in [-0.1, -0.05) is 0 Å². The molecule has 3 rings (SSSR count). The molecule has 0 bridgehead atoms. The first-order valence-corrected chi connectivity index (χ1v) is 8.16. The number of rotatable bonds is 3. The summed E-state index contributed by atoms with van der Waals surface area (Å²) in [5.41, 5.74) is -1.23. The summed E-state index contributed by atoms with van der Waals surface area (Å²) in [5, 5.41) is 0. The molecule has 1 atom stereocenters. The van der Waals surface area contributed by atoms with Gasteiger partial charge in [0, 0.05) is 32.8 Å². The Balaban J connectivity index is 1.57. The number of likely N-dealkylation sites (N-methyl/N-ethyl adjacent to an activating group) is 1. The summed E-state index contributed by atoms with van der Waals surface area (Å²) in [6.07, 6.45) is 4.83. The minimum absolute atomic E-state index is 0.247. The van der Waals surface area contributed by atoms with Gasteiger partial charge in [-0.05, 0) is 51.0 Å². The number of hydrogen-bond donors (Lipinski definition) is 0. The fraction of sp³-hybridized carbons (Fsp3) is 0.938. The van der Waals surface area contributed by atoms with E-state index in [-0.39, 0.29) is 5.91 Å². The van der Waals surface area contributed by atoms with Crippen molar-refractivity contribution in [1.29, 1.82) is 0 Å². The first-order chi connectivity index (χ1) is 9.98. The van der Waals surface area contributed by atoms with Gasteiger partial charge in [-0.2, -0.15) is 0 Å². The van der Waals surface area contributed by atoms with Gasteiger partial charge in [0.25, 0.3) is 5.91 Å². The van der Waals surface area contributed by atoms with Crippen molar-refractivity contribution in [1.82, 2.24) is 9.80 Å². The molecule has 4 nitrogen and oxygen atoms in total. The number of halogens is 1. The molecule has 2 aliphatic heterocycles. The number of likely N-dealkylation sites (tertiary alicyclic amines) is 2. The Labute approximate surface area is 126 Å². The molecule has 0 aromatic carbocycles. The molecule has 1 amide bonds. The van der Waals surface area contributed by atoms with Crippen molar-refractivity contribution in [2.75, 3.05) is 40.4 Å². The number of alkyl halides is 1. The highest BCUT2D eigenvalue weighted by Gasteiger charge is 2.50. The molecule has 0 radical (unpaired) electrons. The van der Waals surface area contributed by atoms with Crippen LogP contribution < -0.4 is 0 Å². The number of ether oxygens (including phenoxy) is 1. The summed E-state index contributed by atoms with van der Waals surface area (Å²) in [6.45, 7) is 3.29. The highest BCUT2D eigenvalue weighted by atomic mass is 19.1. The van der Waals surface area contributed by atoms with Crippen LogP contribution in [-0.2, 0) is 9.53 Å². The lowest BCUT2D eigenvalue weighted by atomic mass is 9.75. The number of piperidine rings is 1. The minimum Gasteiger partial charge on any atom is -0.383 e. The molecular formula is C16H27FN2O2. The van der Waals surface area contributed by atoms with E-state index in [1.807, 2.05) is 0 Å². The summed E-state index contributed by atoms with van der Waals surface area (Å²) >= 11 is 0. The lowest BCUT2D eigenvalue weighted by molar-refractivity contribution is -0.152. The van der Waals surface area contributed by atoms with Crippen molar-refractivity contribution < 1.29 is 13.9 Å². The first kappa shape index (κ1) is 15.2. The zero-order valence-electron chi connectivity index (χ0n) is 13.2. The Kier molecular flexibility index (Phi) is 3.99. The van der Waals surface area contributed by atoms with E-state index in [1.54, 1.807) is 12.0 Å². The highest BCUT2D eigenvalue weighted by Crippen LogP contribution is 2.44. The summed E-state index contributed by atoms with van der Waals surface area (Å²) < 4.78 is 19.6. The average Bonchev–Trinajstić information content (AvgIpc) is 2.73. The van der Waals surface area contributed by atoms with Crippen LogP contribution in [0.15, 0.2) is 0 Å². The zero-order valence-corrected chi connectivity index (χ0v) is 13.2.